The molecule has 0 aromatic carbocycles. The predicted octanol–water partition coefficient (Wildman–Crippen LogP) is 1.13. The molecule has 3 heterocycles. The average molecular weight is 484 g/mol. The molecule has 23 heavy (non-hydrogen) atoms. The van der Waals surface area contributed by atoms with Crippen molar-refractivity contribution in [3.63, 3.8) is 0 Å². The van der Waals surface area contributed by atoms with Crippen molar-refractivity contribution >= 4 is 28.6 Å². The molecule has 121 valence electrons. The fraction of sp³-hybridized carbons (Fsp3) is 0.286. The molecule has 0 amide bonds. The zero-order valence-electron chi connectivity index (χ0n) is 12.8. The molecule has 0 fully saturated rings. The Bertz CT molecular complexity index is 802. The SMILES string of the molecule is CCN(c1nc(N)nc2[n-]ncc12)C(C)c1cccnc1N.[Re]. The van der Waals surface area contributed by atoms with E-state index in [4.69, 9.17) is 11.5 Å². The zero-order valence-corrected chi connectivity index (χ0v) is 15.5. The molecule has 3 rings (SSSR count). The van der Waals surface area contributed by atoms with Crippen molar-refractivity contribution in [2.75, 3.05) is 22.9 Å². The van der Waals surface area contributed by atoms with Crippen molar-refractivity contribution in [2.45, 2.75) is 19.9 Å². The van der Waals surface area contributed by atoms with E-state index in [1.165, 1.54) is 0 Å². The molecule has 8 nitrogen and oxygen atoms in total. The molecule has 9 heteroatoms. The standard InChI is InChI=1S/C14H17N8.Re/c1-3-22(8(2)9-5-4-6-17-11(9)15)13-10-7-18-21-12(10)19-14(16)20-13;/h4-8H,3H2,1-2H3,(H4-,15,16,17,18,19,20,21);/q-1;. The monoisotopic (exact) mass is 484 g/mol. The Kier molecular flexibility index (Phi) is 5.13. The van der Waals surface area contributed by atoms with E-state index in [9.17, 15) is 0 Å². The van der Waals surface area contributed by atoms with Gasteiger partial charge in [-0.15, -0.1) is 0 Å². The van der Waals surface area contributed by atoms with Crippen LogP contribution in [0.25, 0.3) is 11.0 Å². The Labute approximate surface area is 147 Å². The summed E-state index contributed by atoms with van der Waals surface area (Å²) in [7, 11) is 0. The minimum atomic E-state index is -0.0221. The molecule has 3 aromatic rings. The van der Waals surface area contributed by atoms with Crippen LogP contribution in [0.1, 0.15) is 25.5 Å². The van der Waals surface area contributed by atoms with Gasteiger partial charge < -0.3 is 26.4 Å². The summed E-state index contributed by atoms with van der Waals surface area (Å²) in [6.07, 6.45) is 3.32. The van der Waals surface area contributed by atoms with Gasteiger partial charge in [0.25, 0.3) is 0 Å². The topological polar surface area (TPSA) is 121 Å². The minimum absolute atomic E-state index is 0. The third-order valence-electron chi connectivity index (χ3n) is 3.66. The number of fused-ring (bicyclic) bond motifs is 1. The minimum Gasteiger partial charge on any atom is -0.403 e. The first-order valence-electron chi connectivity index (χ1n) is 7.00. The molecule has 0 saturated carbocycles. The molecular formula is C14H17N8Re-. The fourth-order valence-corrected chi connectivity index (χ4v) is 2.57. The number of hydrogen-bond acceptors (Lipinski definition) is 7. The molecular weight excluding hydrogens is 466 g/mol. The van der Waals surface area contributed by atoms with Crippen LogP contribution in [-0.2, 0) is 20.4 Å². The van der Waals surface area contributed by atoms with Crippen LogP contribution in [0, 0.1) is 0 Å². The van der Waals surface area contributed by atoms with Crippen LogP contribution in [0.5, 0.6) is 0 Å². The number of nitrogen functional groups attached to an aromatic ring is 2. The van der Waals surface area contributed by atoms with Crippen LogP contribution in [0.4, 0.5) is 17.6 Å². The quantitative estimate of drug-likeness (QED) is 0.567. The summed E-state index contributed by atoms with van der Waals surface area (Å²) in [4.78, 5) is 14.7. The molecule has 0 aliphatic rings. The Morgan fingerprint density at radius 1 is 1.30 bits per heavy atom. The molecule has 0 aliphatic heterocycles. The van der Waals surface area contributed by atoms with Crippen LogP contribution in [0.15, 0.2) is 24.5 Å². The molecule has 0 aliphatic carbocycles. The van der Waals surface area contributed by atoms with Crippen LogP contribution in [0.2, 0.25) is 0 Å². The van der Waals surface area contributed by atoms with Gasteiger partial charge in [-0.1, -0.05) is 6.07 Å². The molecule has 0 saturated heterocycles. The number of nitrogens with two attached hydrogens (primary N) is 2. The van der Waals surface area contributed by atoms with Crippen molar-refractivity contribution in [3.8, 4) is 0 Å². The second-order valence-corrected chi connectivity index (χ2v) is 4.93. The van der Waals surface area contributed by atoms with Crippen molar-refractivity contribution in [1.82, 2.24) is 25.1 Å². The normalized spacial score (nSPS) is 11.9. The second kappa shape index (κ2) is 6.90. The molecule has 0 bridgehead atoms. The van der Waals surface area contributed by atoms with Crippen LogP contribution in [0.3, 0.4) is 0 Å². The Balaban J connectivity index is 0.00000192. The number of rotatable bonds is 4. The maximum atomic E-state index is 5.99. The van der Waals surface area contributed by atoms with Gasteiger partial charge in [-0.05, 0) is 25.6 Å². The molecule has 1 atom stereocenters. The van der Waals surface area contributed by atoms with Crippen molar-refractivity contribution < 1.29 is 20.4 Å². The summed E-state index contributed by atoms with van der Waals surface area (Å²) in [5, 5.41) is 8.63. The summed E-state index contributed by atoms with van der Waals surface area (Å²) < 4.78 is 0. The first-order chi connectivity index (χ1) is 10.6. The van der Waals surface area contributed by atoms with E-state index >= 15 is 0 Å². The Hall–Kier alpha value is -2.24. The van der Waals surface area contributed by atoms with Gasteiger partial charge in [-0.3, -0.25) is 5.10 Å². The van der Waals surface area contributed by atoms with E-state index in [1.54, 1.807) is 12.4 Å². The second-order valence-electron chi connectivity index (χ2n) is 4.93. The molecule has 0 spiro atoms. The van der Waals surface area contributed by atoms with Crippen LogP contribution in [-0.4, -0.2) is 26.6 Å². The van der Waals surface area contributed by atoms with Crippen molar-refractivity contribution in [1.29, 1.82) is 0 Å². The van der Waals surface area contributed by atoms with Gasteiger partial charge in [0.2, 0.25) is 0 Å². The molecule has 1 unspecified atom stereocenters. The number of aromatic nitrogens is 5. The van der Waals surface area contributed by atoms with Gasteiger partial charge in [0, 0.05) is 50.3 Å². The van der Waals surface area contributed by atoms with E-state index < -0.39 is 0 Å². The summed E-state index contributed by atoms with van der Waals surface area (Å²) >= 11 is 0. The van der Waals surface area contributed by atoms with Crippen LogP contribution < -0.4 is 21.5 Å². The third-order valence-corrected chi connectivity index (χ3v) is 3.66. The maximum Gasteiger partial charge on any atom is 0.139 e. The van der Waals surface area contributed by atoms with Crippen molar-refractivity contribution in [3.05, 3.63) is 30.1 Å². The number of pyridine rings is 1. The predicted molar refractivity (Wildman–Crippen MR) is 85.1 cm³/mol. The van der Waals surface area contributed by atoms with E-state index in [2.05, 4.69) is 30.0 Å². The number of hydrogen-bond donors (Lipinski definition) is 2. The number of anilines is 3. The van der Waals surface area contributed by atoms with Gasteiger partial charge in [-0.25, -0.2) is 9.97 Å². The summed E-state index contributed by atoms with van der Waals surface area (Å²) in [6.45, 7) is 4.80. The van der Waals surface area contributed by atoms with Gasteiger partial charge >= 0.3 is 0 Å². The zero-order chi connectivity index (χ0) is 15.7. The van der Waals surface area contributed by atoms with E-state index in [0.29, 0.717) is 23.8 Å². The van der Waals surface area contributed by atoms with Crippen LogP contribution >= 0.6 is 0 Å². The fourth-order valence-electron chi connectivity index (χ4n) is 2.57. The third kappa shape index (κ3) is 3.11. The van der Waals surface area contributed by atoms with E-state index in [0.717, 1.165) is 10.9 Å². The molecule has 4 N–H and O–H groups in total. The first-order valence-corrected chi connectivity index (χ1v) is 7.00. The van der Waals surface area contributed by atoms with Gasteiger partial charge in [0.15, 0.2) is 0 Å². The van der Waals surface area contributed by atoms with E-state index in [1.807, 2.05) is 26.0 Å². The Morgan fingerprint density at radius 2 is 2.09 bits per heavy atom. The van der Waals surface area contributed by atoms with E-state index in [-0.39, 0.29) is 32.4 Å². The summed E-state index contributed by atoms with van der Waals surface area (Å²) in [6, 6.07) is 3.80. The van der Waals surface area contributed by atoms with Gasteiger partial charge in [0.05, 0.1) is 6.04 Å². The Morgan fingerprint density at radius 3 is 2.78 bits per heavy atom. The largest absolute Gasteiger partial charge is 0.403 e. The summed E-state index contributed by atoms with van der Waals surface area (Å²) in [5.41, 5.74) is 13.2. The summed E-state index contributed by atoms with van der Waals surface area (Å²) in [5.74, 6) is 1.38. The van der Waals surface area contributed by atoms with Gasteiger partial charge in [-0.2, -0.15) is 0 Å². The average Bonchev–Trinajstić information content (AvgIpc) is 2.96. The number of nitrogens with zero attached hydrogens (tertiary/aromatic N) is 6. The van der Waals surface area contributed by atoms with Crippen molar-refractivity contribution in [2.24, 2.45) is 0 Å². The molecule has 1 radical (unpaired) electrons. The smallest absolute Gasteiger partial charge is 0.139 e. The first kappa shape index (κ1) is 17.1. The maximum absolute atomic E-state index is 5.99. The molecule has 3 aromatic heterocycles. The van der Waals surface area contributed by atoms with Gasteiger partial charge in [0.1, 0.15) is 17.6 Å².